The SMILES string of the molecule is CCOC(=O)C[C@@H](NS(=O)(=O)Cc1ccccc1)c1ccc(OCC)cc1. The second-order valence-electron chi connectivity index (χ2n) is 5.93. The fourth-order valence-electron chi connectivity index (χ4n) is 2.63. The molecule has 0 radical (unpaired) electrons. The van der Waals surface area contributed by atoms with Crippen molar-refractivity contribution in [2.45, 2.75) is 32.1 Å². The molecule has 2 aromatic rings. The van der Waals surface area contributed by atoms with Gasteiger partial charge in [0.2, 0.25) is 10.0 Å². The van der Waals surface area contributed by atoms with Gasteiger partial charge in [-0.2, -0.15) is 0 Å². The lowest BCUT2D eigenvalue weighted by Crippen LogP contribution is -2.31. The summed E-state index contributed by atoms with van der Waals surface area (Å²) in [7, 11) is -3.65. The largest absolute Gasteiger partial charge is 0.494 e. The molecule has 0 bridgehead atoms. The maximum Gasteiger partial charge on any atom is 0.307 e. The first-order valence-corrected chi connectivity index (χ1v) is 10.5. The number of hydrogen-bond acceptors (Lipinski definition) is 5. The molecule has 146 valence electrons. The van der Waals surface area contributed by atoms with Gasteiger partial charge < -0.3 is 9.47 Å². The number of carbonyl (C=O) groups excluding carboxylic acids is 1. The molecule has 0 saturated carbocycles. The van der Waals surface area contributed by atoms with Gasteiger partial charge >= 0.3 is 5.97 Å². The monoisotopic (exact) mass is 391 g/mol. The van der Waals surface area contributed by atoms with Crippen molar-refractivity contribution in [1.82, 2.24) is 4.72 Å². The molecule has 0 aromatic heterocycles. The predicted molar refractivity (Wildman–Crippen MR) is 104 cm³/mol. The van der Waals surface area contributed by atoms with Crippen molar-refractivity contribution < 1.29 is 22.7 Å². The van der Waals surface area contributed by atoms with Gasteiger partial charge in [0, 0.05) is 0 Å². The first-order chi connectivity index (χ1) is 12.9. The van der Waals surface area contributed by atoms with Crippen molar-refractivity contribution in [1.29, 1.82) is 0 Å². The quantitative estimate of drug-likeness (QED) is 0.629. The van der Waals surface area contributed by atoms with Gasteiger partial charge in [0.1, 0.15) is 5.75 Å². The van der Waals surface area contributed by atoms with Gasteiger partial charge in [0.25, 0.3) is 0 Å². The van der Waals surface area contributed by atoms with Crippen LogP contribution in [0.1, 0.15) is 37.4 Å². The maximum absolute atomic E-state index is 12.6. The van der Waals surface area contributed by atoms with Gasteiger partial charge in [-0.3, -0.25) is 4.79 Å². The Morgan fingerprint density at radius 2 is 1.67 bits per heavy atom. The number of nitrogens with one attached hydrogen (secondary N) is 1. The van der Waals surface area contributed by atoms with Crippen LogP contribution in [0.5, 0.6) is 5.75 Å². The molecule has 2 aromatic carbocycles. The van der Waals surface area contributed by atoms with E-state index < -0.39 is 22.0 Å². The Balaban J connectivity index is 2.19. The highest BCUT2D eigenvalue weighted by Gasteiger charge is 2.23. The third-order valence-electron chi connectivity index (χ3n) is 3.79. The Morgan fingerprint density at radius 1 is 1.00 bits per heavy atom. The smallest absolute Gasteiger partial charge is 0.307 e. The number of sulfonamides is 1. The van der Waals surface area contributed by atoms with Crippen LogP contribution >= 0.6 is 0 Å². The van der Waals surface area contributed by atoms with Gasteiger partial charge in [-0.25, -0.2) is 13.1 Å². The molecule has 1 atom stereocenters. The summed E-state index contributed by atoms with van der Waals surface area (Å²) < 4.78 is 38.2. The topological polar surface area (TPSA) is 81.7 Å². The van der Waals surface area contributed by atoms with Crippen molar-refractivity contribution in [3.05, 3.63) is 65.7 Å². The van der Waals surface area contributed by atoms with E-state index in [2.05, 4.69) is 4.72 Å². The first kappa shape index (κ1) is 20.9. The van der Waals surface area contributed by atoms with Gasteiger partial charge in [0.05, 0.1) is 31.4 Å². The number of hydrogen-bond donors (Lipinski definition) is 1. The number of rotatable bonds is 10. The fourth-order valence-corrected chi connectivity index (χ4v) is 4.00. The zero-order valence-corrected chi connectivity index (χ0v) is 16.4. The van der Waals surface area contributed by atoms with Crippen molar-refractivity contribution in [2.75, 3.05) is 13.2 Å². The Morgan fingerprint density at radius 3 is 2.26 bits per heavy atom. The van der Waals surface area contributed by atoms with Crippen LogP contribution in [0.15, 0.2) is 54.6 Å². The van der Waals surface area contributed by atoms with E-state index in [0.29, 0.717) is 23.5 Å². The molecule has 27 heavy (non-hydrogen) atoms. The average Bonchev–Trinajstić information content (AvgIpc) is 2.62. The van der Waals surface area contributed by atoms with Crippen LogP contribution in [0.3, 0.4) is 0 Å². The average molecular weight is 391 g/mol. The predicted octanol–water partition coefficient (Wildman–Crippen LogP) is 3.20. The number of esters is 1. The van der Waals surface area contributed by atoms with Crippen LogP contribution in [-0.2, 0) is 25.3 Å². The molecule has 0 spiro atoms. The van der Waals surface area contributed by atoms with Crippen LogP contribution < -0.4 is 9.46 Å². The highest BCUT2D eigenvalue weighted by Crippen LogP contribution is 2.22. The lowest BCUT2D eigenvalue weighted by molar-refractivity contribution is -0.143. The minimum absolute atomic E-state index is 0.0875. The molecule has 0 fully saturated rings. The summed E-state index contributed by atoms with van der Waals surface area (Å²) in [6.07, 6.45) is -0.0875. The van der Waals surface area contributed by atoms with E-state index in [-0.39, 0.29) is 18.8 Å². The van der Waals surface area contributed by atoms with E-state index in [1.165, 1.54) is 0 Å². The van der Waals surface area contributed by atoms with Gasteiger partial charge in [-0.1, -0.05) is 42.5 Å². The molecule has 6 nitrogen and oxygen atoms in total. The number of benzene rings is 2. The number of carbonyl (C=O) groups is 1. The summed E-state index contributed by atoms with van der Waals surface area (Å²) >= 11 is 0. The Kier molecular flexibility index (Phi) is 7.82. The summed E-state index contributed by atoms with van der Waals surface area (Å²) in [6.45, 7) is 4.37. The molecule has 2 rings (SSSR count). The van der Waals surface area contributed by atoms with Crippen molar-refractivity contribution in [3.63, 3.8) is 0 Å². The molecule has 0 heterocycles. The molecule has 1 N–H and O–H groups in total. The Hall–Kier alpha value is -2.38. The minimum atomic E-state index is -3.65. The molecule has 0 unspecified atom stereocenters. The van der Waals surface area contributed by atoms with Crippen LogP contribution in [-0.4, -0.2) is 27.6 Å². The second kappa shape index (κ2) is 10.1. The van der Waals surface area contributed by atoms with Gasteiger partial charge in [0.15, 0.2) is 0 Å². The van der Waals surface area contributed by atoms with Crippen LogP contribution in [0.4, 0.5) is 0 Å². The fraction of sp³-hybridized carbons (Fsp3) is 0.350. The standard InChI is InChI=1S/C20H25NO5S/c1-3-25-18-12-10-17(11-13-18)19(14-20(22)26-4-2)21-27(23,24)15-16-8-6-5-7-9-16/h5-13,19,21H,3-4,14-15H2,1-2H3/t19-/m1/s1. The zero-order chi connectivity index (χ0) is 19.7. The molecule has 0 amide bonds. The Labute approximate surface area is 160 Å². The van der Waals surface area contributed by atoms with Crippen molar-refractivity contribution in [3.8, 4) is 5.75 Å². The maximum atomic E-state index is 12.6. The molecule has 0 saturated heterocycles. The van der Waals surface area contributed by atoms with Gasteiger partial charge in [-0.15, -0.1) is 0 Å². The lowest BCUT2D eigenvalue weighted by Gasteiger charge is -2.19. The Bertz CT molecular complexity index is 819. The van der Waals surface area contributed by atoms with E-state index in [0.717, 1.165) is 0 Å². The lowest BCUT2D eigenvalue weighted by atomic mass is 10.0. The highest BCUT2D eigenvalue weighted by atomic mass is 32.2. The second-order valence-corrected chi connectivity index (χ2v) is 7.68. The molecular formula is C20H25NO5S. The molecule has 0 aliphatic heterocycles. The zero-order valence-electron chi connectivity index (χ0n) is 15.6. The number of ether oxygens (including phenoxy) is 2. The van der Waals surface area contributed by atoms with Crippen LogP contribution in [0.2, 0.25) is 0 Å². The third kappa shape index (κ3) is 7.03. The van der Waals surface area contributed by atoms with Gasteiger partial charge in [-0.05, 0) is 37.1 Å². The molecule has 0 aliphatic rings. The van der Waals surface area contributed by atoms with Crippen LogP contribution in [0, 0.1) is 0 Å². The third-order valence-corrected chi connectivity index (χ3v) is 5.15. The van der Waals surface area contributed by atoms with E-state index in [1.54, 1.807) is 55.5 Å². The van der Waals surface area contributed by atoms with E-state index in [1.807, 2.05) is 13.0 Å². The van der Waals surface area contributed by atoms with Crippen LogP contribution in [0.25, 0.3) is 0 Å². The molecule has 0 aliphatic carbocycles. The summed E-state index contributed by atoms with van der Waals surface area (Å²) in [5.74, 6) is 0.0616. The minimum Gasteiger partial charge on any atom is -0.494 e. The van der Waals surface area contributed by atoms with Crippen molar-refractivity contribution in [2.24, 2.45) is 0 Å². The van der Waals surface area contributed by atoms with Crippen molar-refractivity contribution >= 4 is 16.0 Å². The summed E-state index contributed by atoms with van der Waals surface area (Å²) in [6, 6.07) is 15.2. The summed E-state index contributed by atoms with van der Waals surface area (Å²) in [5, 5.41) is 0. The van der Waals surface area contributed by atoms with E-state index >= 15 is 0 Å². The summed E-state index contributed by atoms with van der Waals surface area (Å²) in [4.78, 5) is 12.0. The highest BCUT2D eigenvalue weighted by molar-refractivity contribution is 7.88. The molecule has 7 heteroatoms. The summed E-state index contributed by atoms with van der Waals surface area (Å²) in [5.41, 5.74) is 1.34. The van der Waals surface area contributed by atoms with E-state index in [9.17, 15) is 13.2 Å². The normalized spacial score (nSPS) is 12.4. The first-order valence-electron chi connectivity index (χ1n) is 8.85. The molecular weight excluding hydrogens is 366 g/mol. The van der Waals surface area contributed by atoms with E-state index in [4.69, 9.17) is 9.47 Å².